The maximum atomic E-state index is 5.43. The molecule has 1 heterocycles. The van der Waals surface area contributed by atoms with Gasteiger partial charge in [0.15, 0.2) is 0 Å². The highest BCUT2D eigenvalue weighted by Gasteiger charge is 2.05. The highest BCUT2D eigenvalue weighted by atomic mass is 15.3. The highest BCUT2D eigenvalue weighted by molar-refractivity contribution is 5.09. The lowest BCUT2D eigenvalue weighted by Gasteiger charge is -2.11. The molecule has 15 heavy (non-hydrogen) atoms. The summed E-state index contributed by atoms with van der Waals surface area (Å²) in [5.41, 5.74) is 2.21. The van der Waals surface area contributed by atoms with Crippen LogP contribution in [-0.4, -0.2) is 15.8 Å². The van der Waals surface area contributed by atoms with Crippen molar-refractivity contribution in [1.82, 2.24) is 15.1 Å². The highest BCUT2D eigenvalue weighted by Crippen LogP contribution is 2.03. The summed E-state index contributed by atoms with van der Waals surface area (Å²) in [5.74, 6) is 2.76. The molecule has 0 bridgehead atoms. The molecular weight excluding hydrogens is 186 g/mol. The first kappa shape index (κ1) is 11.8. The van der Waals surface area contributed by atoms with E-state index in [9.17, 15) is 0 Å². The Hall–Kier alpha value is -1.27. The van der Waals surface area contributed by atoms with Crippen LogP contribution < -0.4 is 5.32 Å². The monoisotopic (exact) mass is 205 g/mol. The Morgan fingerprint density at radius 3 is 2.87 bits per heavy atom. The van der Waals surface area contributed by atoms with E-state index in [1.807, 2.05) is 18.7 Å². The Bertz CT molecular complexity index is 346. The van der Waals surface area contributed by atoms with Crippen LogP contribution in [0.3, 0.4) is 0 Å². The molecule has 0 spiro atoms. The first-order chi connectivity index (χ1) is 7.17. The number of aryl methyl sites for hydroxylation is 2. The van der Waals surface area contributed by atoms with Crippen LogP contribution in [0.1, 0.15) is 31.2 Å². The zero-order chi connectivity index (χ0) is 11.3. The van der Waals surface area contributed by atoms with Crippen LogP contribution in [0.4, 0.5) is 0 Å². The number of hydrogen-bond acceptors (Lipinski definition) is 2. The summed E-state index contributed by atoms with van der Waals surface area (Å²) >= 11 is 0. The smallest absolute Gasteiger partial charge is 0.0689 e. The van der Waals surface area contributed by atoms with Gasteiger partial charge in [0, 0.05) is 13.6 Å². The van der Waals surface area contributed by atoms with Crippen molar-refractivity contribution < 1.29 is 0 Å². The van der Waals surface area contributed by atoms with Crippen LogP contribution in [0.15, 0.2) is 6.07 Å². The largest absolute Gasteiger partial charge is 0.298 e. The van der Waals surface area contributed by atoms with Crippen molar-refractivity contribution in [2.24, 2.45) is 7.05 Å². The fourth-order valence-corrected chi connectivity index (χ4v) is 1.59. The molecule has 0 aliphatic heterocycles. The van der Waals surface area contributed by atoms with E-state index in [0.717, 1.165) is 25.1 Å². The van der Waals surface area contributed by atoms with E-state index in [4.69, 9.17) is 6.42 Å². The zero-order valence-electron chi connectivity index (χ0n) is 9.75. The van der Waals surface area contributed by atoms with Crippen LogP contribution in [0, 0.1) is 19.3 Å². The number of terminal acetylenes is 1. The van der Waals surface area contributed by atoms with Gasteiger partial charge < -0.3 is 0 Å². The molecule has 1 rings (SSSR count). The molecular formula is C12H19N3. The summed E-state index contributed by atoms with van der Waals surface area (Å²) in [6.45, 7) is 4.92. The molecule has 82 valence electrons. The molecule has 0 amide bonds. The quantitative estimate of drug-likeness (QED) is 0.740. The summed E-state index contributed by atoms with van der Waals surface area (Å²) in [6, 6.07) is 2.25. The predicted octanol–water partition coefficient (Wildman–Crippen LogP) is 1.62. The van der Waals surface area contributed by atoms with Crippen molar-refractivity contribution in [2.75, 3.05) is 0 Å². The van der Waals surface area contributed by atoms with Gasteiger partial charge in [-0.05, 0) is 19.4 Å². The van der Waals surface area contributed by atoms with E-state index >= 15 is 0 Å². The average Bonchev–Trinajstić information content (AvgIpc) is 2.52. The number of rotatable bonds is 5. The summed E-state index contributed by atoms with van der Waals surface area (Å²) in [5, 5.41) is 7.63. The number of hydrogen-bond donors (Lipinski definition) is 1. The van der Waals surface area contributed by atoms with Crippen LogP contribution in [0.25, 0.3) is 0 Å². The molecule has 0 fully saturated rings. The Morgan fingerprint density at radius 1 is 1.67 bits per heavy atom. The van der Waals surface area contributed by atoms with Gasteiger partial charge in [-0.25, -0.2) is 0 Å². The van der Waals surface area contributed by atoms with E-state index in [1.54, 1.807) is 0 Å². The minimum Gasteiger partial charge on any atom is -0.298 e. The Morgan fingerprint density at radius 2 is 2.40 bits per heavy atom. The van der Waals surface area contributed by atoms with Crippen LogP contribution in [0.2, 0.25) is 0 Å². The minimum absolute atomic E-state index is 0.171. The molecule has 0 saturated carbocycles. The molecule has 1 atom stereocenters. The summed E-state index contributed by atoms with van der Waals surface area (Å²) in [4.78, 5) is 0. The SMILES string of the molecule is C#CC(CCC)NCc1cc(C)nn1C. The average molecular weight is 205 g/mol. The van der Waals surface area contributed by atoms with Gasteiger partial charge in [-0.1, -0.05) is 19.3 Å². The van der Waals surface area contributed by atoms with Gasteiger partial charge in [-0.3, -0.25) is 10.00 Å². The maximum absolute atomic E-state index is 5.43. The number of aromatic nitrogens is 2. The van der Waals surface area contributed by atoms with E-state index in [0.29, 0.717) is 0 Å². The van der Waals surface area contributed by atoms with Gasteiger partial charge in [-0.2, -0.15) is 5.10 Å². The van der Waals surface area contributed by atoms with Crippen LogP contribution >= 0.6 is 0 Å². The van der Waals surface area contributed by atoms with Crippen LogP contribution in [0.5, 0.6) is 0 Å². The van der Waals surface area contributed by atoms with E-state index < -0.39 is 0 Å². The molecule has 1 unspecified atom stereocenters. The minimum atomic E-state index is 0.171. The van der Waals surface area contributed by atoms with Crippen molar-refractivity contribution in [1.29, 1.82) is 0 Å². The van der Waals surface area contributed by atoms with E-state index in [2.05, 4.69) is 29.3 Å². The second-order valence-electron chi connectivity index (χ2n) is 3.79. The number of nitrogens with one attached hydrogen (secondary N) is 1. The molecule has 3 nitrogen and oxygen atoms in total. The first-order valence-corrected chi connectivity index (χ1v) is 5.36. The molecule has 0 saturated heterocycles. The number of nitrogens with zero attached hydrogens (tertiary/aromatic N) is 2. The topological polar surface area (TPSA) is 29.9 Å². The third-order valence-electron chi connectivity index (χ3n) is 2.41. The fourth-order valence-electron chi connectivity index (χ4n) is 1.59. The lowest BCUT2D eigenvalue weighted by Crippen LogP contribution is -2.27. The summed E-state index contributed by atoms with van der Waals surface area (Å²) < 4.78 is 1.89. The van der Waals surface area contributed by atoms with Gasteiger partial charge in [0.25, 0.3) is 0 Å². The van der Waals surface area contributed by atoms with E-state index in [-0.39, 0.29) is 6.04 Å². The van der Waals surface area contributed by atoms with Crippen LogP contribution in [-0.2, 0) is 13.6 Å². The molecule has 0 aromatic carbocycles. The molecule has 1 aromatic rings. The van der Waals surface area contributed by atoms with Crippen molar-refractivity contribution >= 4 is 0 Å². The molecule has 0 radical (unpaired) electrons. The first-order valence-electron chi connectivity index (χ1n) is 5.36. The molecule has 3 heteroatoms. The summed E-state index contributed by atoms with van der Waals surface area (Å²) in [6.07, 6.45) is 7.56. The second kappa shape index (κ2) is 5.57. The third kappa shape index (κ3) is 3.41. The predicted molar refractivity (Wildman–Crippen MR) is 62.3 cm³/mol. The Labute approximate surface area is 91.9 Å². The standard InChI is InChI=1S/C12H19N3/c1-5-7-11(6-2)13-9-12-8-10(3)14-15(12)4/h2,8,11,13H,5,7,9H2,1,3-4H3. The zero-order valence-corrected chi connectivity index (χ0v) is 9.75. The molecule has 1 aromatic heterocycles. The Kier molecular flexibility index (Phi) is 4.38. The third-order valence-corrected chi connectivity index (χ3v) is 2.41. The summed E-state index contributed by atoms with van der Waals surface area (Å²) in [7, 11) is 1.95. The second-order valence-corrected chi connectivity index (χ2v) is 3.79. The molecule has 0 aliphatic rings. The van der Waals surface area contributed by atoms with Crippen molar-refractivity contribution in [2.45, 2.75) is 39.3 Å². The normalized spacial score (nSPS) is 12.4. The lowest BCUT2D eigenvalue weighted by molar-refractivity contribution is 0.542. The van der Waals surface area contributed by atoms with Crippen molar-refractivity contribution in [3.05, 3.63) is 17.5 Å². The maximum Gasteiger partial charge on any atom is 0.0689 e. The Balaban J connectivity index is 2.49. The lowest BCUT2D eigenvalue weighted by atomic mass is 10.2. The molecule has 1 N–H and O–H groups in total. The van der Waals surface area contributed by atoms with Gasteiger partial charge >= 0.3 is 0 Å². The van der Waals surface area contributed by atoms with Gasteiger partial charge in [0.1, 0.15) is 0 Å². The fraction of sp³-hybridized carbons (Fsp3) is 0.583. The van der Waals surface area contributed by atoms with Gasteiger partial charge in [0.05, 0.1) is 17.4 Å². The van der Waals surface area contributed by atoms with Gasteiger partial charge in [-0.15, -0.1) is 6.42 Å². The van der Waals surface area contributed by atoms with Crippen molar-refractivity contribution in [3.8, 4) is 12.3 Å². The van der Waals surface area contributed by atoms with Crippen molar-refractivity contribution in [3.63, 3.8) is 0 Å². The van der Waals surface area contributed by atoms with Gasteiger partial charge in [0.2, 0.25) is 0 Å². The van der Waals surface area contributed by atoms with E-state index in [1.165, 1.54) is 5.69 Å². The molecule has 0 aliphatic carbocycles.